The summed E-state index contributed by atoms with van der Waals surface area (Å²) in [6.45, 7) is 3.33. The van der Waals surface area contributed by atoms with Crippen LogP contribution in [-0.4, -0.2) is 84.6 Å². The van der Waals surface area contributed by atoms with Crippen LogP contribution in [0.25, 0.3) is 33.3 Å². The van der Waals surface area contributed by atoms with Gasteiger partial charge in [0.05, 0.1) is 24.6 Å². The van der Waals surface area contributed by atoms with Gasteiger partial charge in [-0.15, -0.1) is 0 Å². The molecule has 2 saturated carbocycles. The summed E-state index contributed by atoms with van der Waals surface area (Å²) in [5.41, 5.74) is 2.54. The second-order valence-electron chi connectivity index (χ2n) is 15.8. The van der Waals surface area contributed by atoms with Crippen molar-refractivity contribution in [2.75, 3.05) is 13.7 Å². The number of pyridine rings is 1. The Labute approximate surface area is 330 Å². The molecule has 3 N–H and O–H groups in total. The zero-order valence-corrected chi connectivity index (χ0v) is 33.0. The molecule has 15 heteroatoms. The van der Waals surface area contributed by atoms with Gasteiger partial charge in [0.2, 0.25) is 27.7 Å². The van der Waals surface area contributed by atoms with Crippen LogP contribution < -0.4 is 24.8 Å². The van der Waals surface area contributed by atoms with Gasteiger partial charge in [-0.2, -0.15) is 0 Å². The van der Waals surface area contributed by atoms with Crippen molar-refractivity contribution in [3.05, 3.63) is 66.2 Å². The minimum absolute atomic E-state index is 0.00733. The number of benzene rings is 2. The van der Waals surface area contributed by atoms with E-state index in [4.69, 9.17) is 18.9 Å². The molecule has 2 aliphatic carbocycles. The van der Waals surface area contributed by atoms with Crippen LogP contribution in [0.2, 0.25) is 0 Å². The quantitative estimate of drug-likeness (QED) is 0.209. The minimum Gasteiger partial charge on any atom is -0.497 e. The van der Waals surface area contributed by atoms with Crippen molar-refractivity contribution in [2.24, 2.45) is 5.92 Å². The van der Waals surface area contributed by atoms with Crippen molar-refractivity contribution in [1.29, 1.82) is 0 Å². The number of ether oxygens (including phenoxy) is 2. The van der Waals surface area contributed by atoms with Crippen molar-refractivity contribution in [2.45, 2.75) is 101 Å². The molecule has 5 atom stereocenters. The van der Waals surface area contributed by atoms with Crippen LogP contribution >= 0.6 is 0 Å². The fraction of sp³-hybridized carbons (Fsp3) is 0.452. The molecule has 0 bridgehead atoms. The van der Waals surface area contributed by atoms with E-state index < -0.39 is 62.6 Å². The molecule has 8 rings (SSSR count). The standard InChI is InChI=1S/C42H47N5O9S/c1-24-11-18-35-31(19-24)37-38(56-35)36(21-33(44-37)26-12-14-28(54-3)15-13-26)55-29-20-34-39(49)45-42(41(51)46-57(52,53)30-16-17-30)22-27(42)9-7-5-4-6-8-10-32(43-25(2)48)40(50)47(34)23-29/h7,9,11-15,18-19,21,27,29-30,32,34H,4-6,8,10,16-17,20,22-23H2,1-3H3,(H,43,48)(H,45,49)(H,46,51)/t27-,29-,32+,34+,42-/m1/s1. The van der Waals surface area contributed by atoms with Gasteiger partial charge in [0, 0.05) is 36.3 Å². The topological polar surface area (TPSA) is 186 Å². The Morgan fingerprint density at radius 3 is 2.56 bits per heavy atom. The molecule has 14 nitrogen and oxygen atoms in total. The Morgan fingerprint density at radius 1 is 1.04 bits per heavy atom. The highest BCUT2D eigenvalue weighted by molar-refractivity contribution is 7.91. The molecule has 57 heavy (non-hydrogen) atoms. The number of rotatable bonds is 8. The molecule has 300 valence electrons. The second-order valence-corrected chi connectivity index (χ2v) is 17.7. The van der Waals surface area contributed by atoms with Crippen molar-refractivity contribution >= 4 is 55.7 Å². The van der Waals surface area contributed by atoms with E-state index in [1.165, 1.54) is 11.8 Å². The molecule has 3 fully saturated rings. The molecule has 4 aromatic rings. The first-order valence-corrected chi connectivity index (χ1v) is 21.2. The predicted octanol–water partition coefficient (Wildman–Crippen LogP) is 4.82. The maximum Gasteiger partial charge on any atom is 0.259 e. The predicted molar refractivity (Wildman–Crippen MR) is 212 cm³/mol. The number of sulfonamides is 1. The van der Waals surface area contributed by atoms with Crippen molar-refractivity contribution < 1.29 is 41.5 Å². The number of aryl methyl sites for hydroxylation is 1. The van der Waals surface area contributed by atoms with Crippen molar-refractivity contribution in [3.8, 4) is 22.8 Å². The van der Waals surface area contributed by atoms with Gasteiger partial charge in [-0.25, -0.2) is 13.4 Å². The number of methoxy groups -OCH3 is 1. The Kier molecular flexibility index (Phi) is 10.2. The van der Waals surface area contributed by atoms with Crippen LogP contribution in [0.4, 0.5) is 0 Å². The zero-order chi connectivity index (χ0) is 40.1. The van der Waals surface area contributed by atoms with Crippen LogP contribution in [0.15, 0.2) is 65.1 Å². The lowest BCUT2D eigenvalue weighted by Gasteiger charge is -2.29. The van der Waals surface area contributed by atoms with E-state index in [0.717, 1.165) is 29.4 Å². The summed E-state index contributed by atoms with van der Waals surface area (Å²) in [6.07, 6.45) is 7.67. The number of carbonyl (C=O) groups excluding carboxylic acids is 4. The third-order valence-electron chi connectivity index (χ3n) is 11.4. The summed E-state index contributed by atoms with van der Waals surface area (Å²) in [5.74, 6) is -1.58. The highest BCUT2D eigenvalue weighted by Crippen LogP contribution is 2.46. The highest BCUT2D eigenvalue weighted by Gasteiger charge is 2.62. The average Bonchev–Trinajstić information content (AvgIpc) is 4.09. The Bertz CT molecular complexity index is 2390. The molecular formula is C42H47N5O9S. The number of furan rings is 1. The van der Waals surface area contributed by atoms with Crippen LogP contribution in [0, 0.1) is 12.8 Å². The lowest BCUT2D eigenvalue weighted by atomic mass is 10.0. The number of nitrogens with zero attached hydrogens (tertiary/aromatic N) is 2. The zero-order valence-electron chi connectivity index (χ0n) is 32.2. The summed E-state index contributed by atoms with van der Waals surface area (Å²) >= 11 is 0. The molecule has 0 spiro atoms. The molecule has 2 aromatic carbocycles. The number of amides is 4. The van der Waals surface area contributed by atoms with E-state index in [1.807, 2.05) is 61.5 Å². The summed E-state index contributed by atoms with van der Waals surface area (Å²) < 4.78 is 46.4. The summed E-state index contributed by atoms with van der Waals surface area (Å²) in [6, 6.07) is 13.1. The summed E-state index contributed by atoms with van der Waals surface area (Å²) in [4.78, 5) is 61.5. The minimum atomic E-state index is -3.90. The lowest BCUT2D eigenvalue weighted by molar-refractivity contribution is -0.142. The number of carbonyl (C=O) groups is 4. The summed E-state index contributed by atoms with van der Waals surface area (Å²) in [7, 11) is -2.30. The number of allylic oxidation sites excluding steroid dienone is 1. The Morgan fingerprint density at radius 2 is 1.82 bits per heavy atom. The monoisotopic (exact) mass is 797 g/mol. The molecule has 4 aliphatic rings. The van der Waals surface area contributed by atoms with E-state index in [0.29, 0.717) is 66.0 Å². The van der Waals surface area contributed by atoms with Crippen LogP contribution in [0.5, 0.6) is 11.5 Å². The van der Waals surface area contributed by atoms with E-state index >= 15 is 0 Å². The van der Waals surface area contributed by atoms with E-state index in [-0.39, 0.29) is 25.3 Å². The smallest absolute Gasteiger partial charge is 0.259 e. The van der Waals surface area contributed by atoms with Gasteiger partial charge in [0.25, 0.3) is 5.91 Å². The number of hydrogen-bond donors (Lipinski definition) is 3. The lowest BCUT2D eigenvalue weighted by Crippen LogP contribution is -2.58. The van der Waals surface area contributed by atoms with Gasteiger partial charge >= 0.3 is 0 Å². The SMILES string of the molecule is COc1ccc(-c2cc(O[C@@H]3C[C@H]4C(=O)N[C@]5(C(=O)NS(=O)(=O)C6CC6)C[C@H]5C=CCCCCC[C@H](NC(C)=O)C(=O)N4C3)c3oc4ccc(C)cc4c3n2)cc1. The van der Waals surface area contributed by atoms with E-state index in [1.54, 1.807) is 13.2 Å². The van der Waals surface area contributed by atoms with Crippen molar-refractivity contribution in [1.82, 2.24) is 25.2 Å². The van der Waals surface area contributed by atoms with Crippen molar-refractivity contribution in [3.63, 3.8) is 0 Å². The first-order chi connectivity index (χ1) is 27.3. The first-order valence-electron chi connectivity index (χ1n) is 19.6. The second kappa shape index (κ2) is 15.1. The molecular weight excluding hydrogens is 751 g/mol. The third-order valence-corrected chi connectivity index (χ3v) is 13.3. The molecule has 0 radical (unpaired) electrons. The maximum atomic E-state index is 14.5. The van der Waals surface area contributed by atoms with Crippen LogP contribution in [0.1, 0.15) is 70.3 Å². The highest BCUT2D eigenvalue weighted by atomic mass is 32.2. The Hall–Kier alpha value is -5.44. The number of hydrogen-bond acceptors (Lipinski definition) is 10. The maximum absolute atomic E-state index is 14.5. The van der Waals surface area contributed by atoms with E-state index in [2.05, 4.69) is 15.4 Å². The first kappa shape index (κ1) is 38.4. The fourth-order valence-electron chi connectivity index (χ4n) is 8.09. The van der Waals surface area contributed by atoms with Gasteiger partial charge in [-0.1, -0.05) is 36.6 Å². The molecule has 2 aromatic heterocycles. The van der Waals surface area contributed by atoms with E-state index in [9.17, 15) is 27.6 Å². The molecule has 1 saturated heterocycles. The average molecular weight is 798 g/mol. The van der Waals surface area contributed by atoms with Gasteiger partial charge in [0.1, 0.15) is 40.6 Å². The number of fused-ring (bicyclic) bond motifs is 5. The Balaban J connectivity index is 1.15. The number of nitrogens with one attached hydrogen (secondary N) is 3. The van der Waals surface area contributed by atoms with Gasteiger partial charge in [0.15, 0.2) is 11.3 Å². The molecule has 2 aliphatic heterocycles. The summed E-state index contributed by atoms with van der Waals surface area (Å²) in [5, 5.41) is 5.87. The molecule has 4 amide bonds. The van der Waals surface area contributed by atoms with Crippen LogP contribution in [0.3, 0.4) is 0 Å². The molecule has 4 heterocycles. The third kappa shape index (κ3) is 7.81. The normalized spacial score (nSPS) is 25.5. The number of aromatic nitrogens is 1. The molecule has 0 unspecified atom stereocenters. The van der Waals surface area contributed by atoms with Gasteiger partial charge in [-0.3, -0.25) is 23.9 Å². The largest absolute Gasteiger partial charge is 0.497 e. The van der Waals surface area contributed by atoms with Gasteiger partial charge in [-0.05, 0) is 81.8 Å². The fourth-order valence-corrected chi connectivity index (χ4v) is 9.45. The van der Waals surface area contributed by atoms with Crippen LogP contribution in [-0.2, 0) is 29.2 Å². The van der Waals surface area contributed by atoms with Gasteiger partial charge < -0.3 is 29.4 Å².